The lowest BCUT2D eigenvalue weighted by Gasteiger charge is -2.14. The zero-order chi connectivity index (χ0) is 24.2. The first-order valence-electron chi connectivity index (χ1n) is 10.7. The second kappa shape index (κ2) is 10.4. The van der Waals surface area contributed by atoms with Crippen molar-refractivity contribution in [2.45, 2.75) is 52.1 Å². The molecule has 176 valence electrons. The van der Waals surface area contributed by atoms with Crippen molar-refractivity contribution in [1.82, 2.24) is 4.98 Å². The Hall–Kier alpha value is -2.87. The van der Waals surface area contributed by atoms with Crippen molar-refractivity contribution in [3.63, 3.8) is 0 Å². The Labute approximate surface area is 195 Å². The van der Waals surface area contributed by atoms with Gasteiger partial charge in [0.2, 0.25) is 0 Å². The lowest BCUT2D eigenvalue weighted by Crippen LogP contribution is -2.09. The van der Waals surface area contributed by atoms with Gasteiger partial charge in [0.1, 0.15) is 10.8 Å². The molecular formula is C25H26F3NO3S. The van der Waals surface area contributed by atoms with Gasteiger partial charge in [0.05, 0.1) is 17.9 Å². The van der Waals surface area contributed by atoms with Crippen LogP contribution in [0.25, 0.3) is 10.6 Å². The van der Waals surface area contributed by atoms with Gasteiger partial charge in [0.25, 0.3) is 0 Å². The number of carbonyl (C=O) groups is 1. The van der Waals surface area contributed by atoms with Gasteiger partial charge in [-0.15, -0.1) is 11.3 Å². The van der Waals surface area contributed by atoms with E-state index in [1.807, 2.05) is 39.0 Å². The van der Waals surface area contributed by atoms with Crippen LogP contribution in [0.1, 0.15) is 53.4 Å². The predicted octanol–water partition coefficient (Wildman–Crippen LogP) is 6.90. The summed E-state index contributed by atoms with van der Waals surface area (Å²) in [5, 5.41) is 9.56. The van der Waals surface area contributed by atoms with E-state index in [4.69, 9.17) is 14.8 Å². The number of aliphatic carboxylic acids is 1. The molecule has 8 heteroatoms. The van der Waals surface area contributed by atoms with Crippen molar-refractivity contribution in [3.8, 4) is 16.3 Å². The van der Waals surface area contributed by atoms with E-state index < -0.39 is 17.7 Å². The van der Waals surface area contributed by atoms with E-state index in [-0.39, 0.29) is 12.3 Å². The van der Waals surface area contributed by atoms with Crippen molar-refractivity contribution >= 4 is 17.3 Å². The fraction of sp³-hybridized carbons (Fsp3) is 0.360. The number of thiazole rings is 1. The molecule has 3 rings (SSSR count). The number of alkyl halides is 3. The molecule has 0 amide bonds. The Bertz CT molecular complexity index is 1110. The van der Waals surface area contributed by atoms with Gasteiger partial charge in [-0.2, -0.15) is 13.2 Å². The van der Waals surface area contributed by atoms with E-state index in [0.29, 0.717) is 29.3 Å². The Morgan fingerprint density at radius 3 is 2.45 bits per heavy atom. The second-order valence-corrected chi connectivity index (χ2v) is 9.03. The van der Waals surface area contributed by atoms with E-state index in [2.05, 4.69) is 0 Å². The van der Waals surface area contributed by atoms with E-state index in [0.717, 1.165) is 40.3 Å². The van der Waals surface area contributed by atoms with Crippen LogP contribution in [0.2, 0.25) is 0 Å². The summed E-state index contributed by atoms with van der Waals surface area (Å²) in [6, 6.07) is 10.7. The molecule has 0 aliphatic heterocycles. The highest BCUT2D eigenvalue weighted by molar-refractivity contribution is 7.15. The highest BCUT2D eigenvalue weighted by Crippen LogP contribution is 2.35. The average Bonchev–Trinajstić information content (AvgIpc) is 3.21. The summed E-state index contributed by atoms with van der Waals surface area (Å²) in [5.41, 5.74) is 2.84. The van der Waals surface area contributed by atoms with Crippen LogP contribution >= 0.6 is 11.3 Å². The van der Waals surface area contributed by atoms with Gasteiger partial charge >= 0.3 is 12.1 Å². The molecule has 0 saturated heterocycles. The number of hydrogen-bond donors (Lipinski definition) is 1. The molecule has 0 fully saturated rings. The lowest BCUT2D eigenvalue weighted by molar-refractivity contribution is -0.138. The second-order valence-electron chi connectivity index (χ2n) is 7.95. The maximum Gasteiger partial charge on any atom is 0.416 e. The fourth-order valence-electron chi connectivity index (χ4n) is 3.51. The van der Waals surface area contributed by atoms with Crippen LogP contribution in [-0.4, -0.2) is 22.7 Å². The first-order chi connectivity index (χ1) is 15.6. The number of aryl methyl sites for hydroxylation is 3. The van der Waals surface area contributed by atoms with Crippen molar-refractivity contribution in [3.05, 3.63) is 69.7 Å². The van der Waals surface area contributed by atoms with Gasteiger partial charge in [0.15, 0.2) is 0 Å². The molecule has 1 unspecified atom stereocenters. The minimum Gasteiger partial charge on any atom is -0.493 e. The van der Waals surface area contributed by atoms with Crippen LogP contribution in [0, 0.1) is 6.92 Å². The Kier molecular flexibility index (Phi) is 7.79. The number of carboxylic acids is 1. The van der Waals surface area contributed by atoms with Crippen LogP contribution in [-0.2, 0) is 23.8 Å². The van der Waals surface area contributed by atoms with Crippen LogP contribution in [0.5, 0.6) is 5.75 Å². The van der Waals surface area contributed by atoms with Gasteiger partial charge in [-0.05, 0) is 55.2 Å². The topological polar surface area (TPSA) is 59.4 Å². The number of rotatable bonds is 9. The highest BCUT2D eigenvalue weighted by atomic mass is 32.1. The Balaban J connectivity index is 1.70. The monoisotopic (exact) mass is 477 g/mol. The minimum atomic E-state index is -4.36. The number of benzene rings is 2. The van der Waals surface area contributed by atoms with Gasteiger partial charge in [0, 0.05) is 22.8 Å². The number of carboxylic acid groups (broad SMARTS) is 1. The number of aromatic nitrogens is 1. The number of ether oxygens (including phenoxy) is 1. The summed E-state index contributed by atoms with van der Waals surface area (Å²) >= 11 is 1.49. The fourth-order valence-corrected chi connectivity index (χ4v) is 4.63. The Morgan fingerprint density at radius 1 is 1.18 bits per heavy atom. The largest absolute Gasteiger partial charge is 0.493 e. The quantitative estimate of drug-likeness (QED) is 0.364. The lowest BCUT2D eigenvalue weighted by atomic mass is 10.0. The summed E-state index contributed by atoms with van der Waals surface area (Å²) < 4.78 is 44.5. The molecule has 4 nitrogen and oxygen atoms in total. The average molecular weight is 478 g/mol. The molecule has 0 radical (unpaired) electrons. The normalized spacial score (nSPS) is 12.5. The summed E-state index contributed by atoms with van der Waals surface area (Å²) in [7, 11) is 0. The van der Waals surface area contributed by atoms with E-state index >= 15 is 0 Å². The van der Waals surface area contributed by atoms with E-state index in [1.54, 1.807) is 0 Å². The summed E-state index contributed by atoms with van der Waals surface area (Å²) in [4.78, 5) is 16.6. The van der Waals surface area contributed by atoms with Crippen LogP contribution in [0.3, 0.4) is 0 Å². The van der Waals surface area contributed by atoms with Crippen molar-refractivity contribution < 1.29 is 27.8 Å². The summed E-state index contributed by atoms with van der Waals surface area (Å²) in [5.74, 6) is -0.129. The molecule has 33 heavy (non-hydrogen) atoms. The molecule has 0 spiro atoms. The zero-order valence-electron chi connectivity index (χ0n) is 18.7. The van der Waals surface area contributed by atoms with Crippen molar-refractivity contribution in [2.24, 2.45) is 0 Å². The number of halogens is 3. The zero-order valence-corrected chi connectivity index (χ0v) is 19.5. The van der Waals surface area contributed by atoms with Crippen molar-refractivity contribution in [1.29, 1.82) is 0 Å². The van der Waals surface area contributed by atoms with Gasteiger partial charge in [-0.25, -0.2) is 4.98 Å². The first-order valence-corrected chi connectivity index (χ1v) is 11.5. The molecule has 3 aromatic rings. The van der Waals surface area contributed by atoms with Crippen LogP contribution < -0.4 is 4.74 Å². The van der Waals surface area contributed by atoms with Crippen LogP contribution in [0.4, 0.5) is 13.2 Å². The Morgan fingerprint density at radius 2 is 1.88 bits per heavy atom. The highest BCUT2D eigenvalue weighted by Gasteiger charge is 2.30. The third-order valence-corrected chi connectivity index (χ3v) is 6.66. The molecule has 0 aliphatic rings. The molecular weight excluding hydrogens is 451 g/mol. The minimum absolute atomic E-state index is 0.00797. The molecule has 0 bridgehead atoms. The molecule has 2 aromatic carbocycles. The van der Waals surface area contributed by atoms with Crippen molar-refractivity contribution in [2.75, 3.05) is 6.61 Å². The molecule has 1 atom stereocenters. The first kappa shape index (κ1) is 24.8. The summed E-state index contributed by atoms with van der Waals surface area (Å²) in [6.45, 7) is 6.37. The molecule has 0 saturated carbocycles. The van der Waals surface area contributed by atoms with Crippen LogP contribution in [0.15, 0.2) is 42.5 Å². The van der Waals surface area contributed by atoms with Gasteiger partial charge < -0.3 is 9.84 Å². The third-order valence-electron chi connectivity index (χ3n) is 5.40. The maximum absolute atomic E-state index is 12.8. The number of hydrogen-bond acceptors (Lipinski definition) is 4. The number of nitrogens with zero attached hydrogens (tertiary/aromatic N) is 1. The molecule has 1 heterocycles. The van der Waals surface area contributed by atoms with E-state index in [1.165, 1.54) is 23.5 Å². The van der Waals surface area contributed by atoms with E-state index in [9.17, 15) is 18.0 Å². The molecule has 1 aromatic heterocycles. The summed E-state index contributed by atoms with van der Waals surface area (Å²) in [6.07, 6.45) is -3.03. The maximum atomic E-state index is 12.8. The smallest absolute Gasteiger partial charge is 0.416 e. The molecule has 1 N–H and O–H groups in total. The SMILES string of the molecule is CCc1sc(-c2ccc(C(F)(F)F)cc2)nc1C(C)COc1ccc(CCC(=O)O)c(C)c1. The third kappa shape index (κ3) is 6.35. The standard InChI is InChI=1S/C25H26F3NO3S/c1-4-21-23(29-24(33-21)18-5-9-19(10-6-18)25(26,27)28)16(3)14-32-20-11-7-17(15(2)13-20)8-12-22(30)31/h5-7,9-11,13,16H,4,8,12,14H2,1-3H3,(H,30,31). The predicted molar refractivity (Wildman–Crippen MR) is 123 cm³/mol. The van der Waals surface area contributed by atoms with Gasteiger partial charge in [-0.1, -0.05) is 32.0 Å². The molecule has 0 aliphatic carbocycles. The van der Waals surface area contributed by atoms with Gasteiger partial charge in [-0.3, -0.25) is 4.79 Å².